The molecule has 1 amide bonds. The molecular formula is C11H8BrN3O. The lowest BCUT2D eigenvalue weighted by molar-refractivity contribution is 0.0794. The summed E-state index contributed by atoms with van der Waals surface area (Å²) < 4.78 is 0.871. The second kappa shape index (κ2) is 5.89. The van der Waals surface area contributed by atoms with E-state index in [2.05, 4.69) is 15.9 Å². The number of nitrogens with zero attached hydrogens (tertiary/aromatic N) is 3. The molecule has 0 saturated heterocycles. The minimum atomic E-state index is -0.310. The van der Waals surface area contributed by atoms with Gasteiger partial charge in [0.2, 0.25) is 0 Å². The average molecular weight is 278 g/mol. The van der Waals surface area contributed by atoms with Crippen molar-refractivity contribution in [2.24, 2.45) is 0 Å². The van der Waals surface area contributed by atoms with E-state index in [1.54, 1.807) is 24.3 Å². The zero-order valence-corrected chi connectivity index (χ0v) is 9.94. The number of rotatable bonds is 3. The number of benzene rings is 1. The molecule has 5 heteroatoms. The van der Waals surface area contributed by atoms with Crippen LogP contribution in [0.5, 0.6) is 0 Å². The second-order valence-electron chi connectivity index (χ2n) is 2.98. The van der Waals surface area contributed by atoms with Gasteiger partial charge in [-0.1, -0.05) is 15.9 Å². The number of hydrogen-bond donors (Lipinski definition) is 0. The topological polar surface area (TPSA) is 67.9 Å². The van der Waals surface area contributed by atoms with E-state index >= 15 is 0 Å². The average Bonchev–Trinajstić information content (AvgIpc) is 2.29. The van der Waals surface area contributed by atoms with Crippen LogP contribution in [0.25, 0.3) is 0 Å². The predicted octanol–water partition coefficient (Wildman–Crippen LogP) is 1.94. The summed E-state index contributed by atoms with van der Waals surface area (Å²) in [5.74, 6) is -0.310. The fourth-order valence-corrected chi connectivity index (χ4v) is 1.41. The third kappa shape index (κ3) is 3.08. The maximum atomic E-state index is 11.8. The summed E-state index contributed by atoms with van der Waals surface area (Å²) in [6.45, 7) is -0.162. The molecule has 1 rings (SSSR count). The van der Waals surface area contributed by atoms with E-state index in [1.165, 1.54) is 4.90 Å². The van der Waals surface area contributed by atoms with Crippen molar-refractivity contribution in [3.05, 3.63) is 34.3 Å². The molecule has 0 aliphatic rings. The summed E-state index contributed by atoms with van der Waals surface area (Å²) in [6, 6.07) is 10.5. The number of nitriles is 2. The first-order chi connectivity index (χ1) is 7.69. The van der Waals surface area contributed by atoms with Crippen LogP contribution in [0.4, 0.5) is 0 Å². The smallest absolute Gasteiger partial charge is 0.255 e. The Morgan fingerprint density at radius 2 is 1.69 bits per heavy atom. The number of halogens is 1. The molecule has 0 fully saturated rings. The molecule has 1 aromatic rings. The van der Waals surface area contributed by atoms with E-state index in [4.69, 9.17) is 10.5 Å². The predicted molar refractivity (Wildman–Crippen MR) is 61.3 cm³/mol. The third-order valence-corrected chi connectivity index (χ3v) is 2.43. The summed E-state index contributed by atoms with van der Waals surface area (Å²) in [4.78, 5) is 13.0. The summed E-state index contributed by atoms with van der Waals surface area (Å²) in [7, 11) is 0. The van der Waals surface area contributed by atoms with Gasteiger partial charge in [0.15, 0.2) is 0 Å². The first kappa shape index (κ1) is 12.2. The number of carbonyl (C=O) groups is 1. The monoisotopic (exact) mass is 277 g/mol. The molecule has 0 saturated carbocycles. The maximum absolute atomic E-state index is 11.8. The summed E-state index contributed by atoms with van der Waals surface area (Å²) in [5.41, 5.74) is 0.466. The van der Waals surface area contributed by atoms with Gasteiger partial charge in [-0.05, 0) is 24.3 Å². The van der Waals surface area contributed by atoms with Crippen molar-refractivity contribution in [1.82, 2.24) is 4.90 Å². The number of carbonyl (C=O) groups excluding carboxylic acids is 1. The molecule has 0 aliphatic heterocycles. The van der Waals surface area contributed by atoms with Gasteiger partial charge in [-0.25, -0.2) is 0 Å². The Hall–Kier alpha value is -1.85. The van der Waals surface area contributed by atoms with Gasteiger partial charge in [-0.2, -0.15) is 10.5 Å². The molecule has 1 aromatic carbocycles. The molecule has 0 heterocycles. The minimum Gasteiger partial charge on any atom is -0.312 e. The van der Waals surface area contributed by atoms with Crippen LogP contribution < -0.4 is 0 Å². The molecule has 0 atom stereocenters. The van der Waals surface area contributed by atoms with Crippen LogP contribution >= 0.6 is 15.9 Å². The minimum absolute atomic E-state index is 0.0809. The summed E-state index contributed by atoms with van der Waals surface area (Å²) in [6.07, 6.45) is 0. The van der Waals surface area contributed by atoms with E-state index in [0.717, 1.165) is 4.47 Å². The van der Waals surface area contributed by atoms with Gasteiger partial charge in [0.25, 0.3) is 5.91 Å². The van der Waals surface area contributed by atoms with Crippen molar-refractivity contribution >= 4 is 21.8 Å². The molecular weight excluding hydrogens is 270 g/mol. The van der Waals surface area contributed by atoms with E-state index in [9.17, 15) is 4.79 Å². The van der Waals surface area contributed by atoms with Gasteiger partial charge in [-0.3, -0.25) is 4.79 Å². The molecule has 0 aliphatic carbocycles. The van der Waals surface area contributed by atoms with Gasteiger partial charge < -0.3 is 4.90 Å². The molecule has 0 N–H and O–H groups in total. The van der Waals surface area contributed by atoms with Crippen molar-refractivity contribution < 1.29 is 4.79 Å². The van der Waals surface area contributed by atoms with Gasteiger partial charge >= 0.3 is 0 Å². The van der Waals surface area contributed by atoms with Crippen LogP contribution in [0.3, 0.4) is 0 Å². The van der Waals surface area contributed by atoms with E-state index in [0.29, 0.717) is 5.56 Å². The molecule has 0 aromatic heterocycles. The van der Waals surface area contributed by atoms with Gasteiger partial charge in [0.1, 0.15) is 13.1 Å². The van der Waals surface area contributed by atoms with Gasteiger partial charge in [0.05, 0.1) is 12.1 Å². The van der Waals surface area contributed by atoms with E-state index in [1.807, 2.05) is 12.1 Å². The van der Waals surface area contributed by atoms with Crippen molar-refractivity contribution in [2.45, 2.75) is 0 Å². The zero-order valence-electron chi connectivity index (χ0n) is 8.35. The highest BCUT2D eigenvalue weighted by molar-refractivity contribution is 9.10. The van der Waals surface area contributed by atoms with Crippen molar-refractivity contribution in [1.29, 1.82) is 10.5 Å². The lowest BCUT2D eigenvalue weighted by atomic mass is 10.2. The molecule has 80 valence electrons. The van der Waals surface area contributed by atoms with Crippen LogP contribution in [0.15, 0.2) is 28.7 Å². The van der Waals surface area contributed by atoms with Crippen molar-refractivity contribution in [3.8, 4) is 12.1 Å². The van der Waals surface area contributed by atoms with Gasteiger partial charge in [-0.15, -0.1) is 0 Å². The Kier molecular flexibility index (Phi) is 4.50. The number of amides is 1. The van der Waals surface area contributed by atoms with Crippen LogP contribution in [0, 0.1) is 22.7 Å². The highest BCUT2D eigenvalue weighted by Crippen LogP contribution is 2.12. The Bertz CT molecular complexity index is 440. The molecule has 0 spiro atoms. The highest BCUT2D eigenvalue weighted by atomic mass is 79.9. The third-order valence-electron chi connectivity index (χ3n) is 1.90. The van der Waals surface area contributed by atoms with Crippen LogP contribution in [-0.2, 0) is 0 Å². The van der Waals surface area contributed by atoms with E-state index in [-0.39, 0.29) is 19.0 Å². The van der Waals surface area contributed by atoms with Crippen LogP contribution in [0.1, 0.15) is 10.4 Å². The van der Waals surface area contributed by atoms with Gasteiger partial charge in [0, 0.05) is 10.0 Å². The van der Waals surface area contributed by atoms with E-state index < -0.39 is 0 Å². The first-order valence-corrected chi connectivity index (χ1v) is 5.27. The highest BCUT2D eigenvalue weighted by Gasteiger charge is 2.14. The first-order valence-electron chi connectivity index (χ1n) is 4.47. The Morgan fingerprint density at radius 1 is 1.19 bits per heavy atom. The largest absolute Gasteiger partial charge is 0.312 e. The van der Waals surface area contributed by atoms with Crippen LogP contribution in [0.2, 0.25) is 0 Å². The quantitative estimate of drug-likeness (QED) is 0.793. The Morgan fingerprint density at radius 3 is 2.12 bits per heavy atom. The molecule has 16 heavy (non-hydrogen) atoms. The standard InChI is InChI=1S/C11H8BrN3O/c12-10-3-1-9(2-4-10)11(16)15(7-5-13)8-6-14/h1-4H,7-8H2. The lowest BCUT2D eigenvalue weighted by Gasteiger charge is -2.15. The number of hydrogen-bond acceptors (Lipinski definition) is 3. The Balaban J connectivity index is 2.87. The molecule has 0 bridgehead atoms. The molecule has 0 unspecified atom stereocenters. The fourth-order valence-electron chi connectivity index (χ4n) is 1.15. The SMILES string of the molecule is N#CCN(CC#N)C(=O)c1ccc(Br)cc1. The fraction of sp³-hybridized carbons (Fsp3) is 0.182. The van der Waals surface area contributed by atoms with Crippen LogP contribution in [-0.4, -0.2) is 23.9 Å². The van der Waals surface area contributed by atoms with Crippen molar-refractivity contribution in [3.63, 3.8) is 0 Å². The lowest BCUT2D eigenvalue weighted by Crippen LogP contribution is -2.31. The Labute approximate surface area is 102 Å². The molecule has 0 radical (unpaired) electrons. The second-order valence-corrected chi connectivity index (χ2v) is 3.90. The molecule has 4 nitrogen and oxygen atoms in total. The maximum Gasteiger partial charge on any atom is 0.255 e. The normalized spacial score (nSPS) is 8.94. The summed E-state index contributed by atoms with van der Waals surface area (Å²) in [5, 5.41) is 17.1. The zero-order chi connectivity index (χ0) is 12.0. The summed E-state index contributed by atoms with van der Waals surface area (Å²) >= 11 is 3.26. The van der Waals surface area contributed by atoms with Crippen molar-refractivity contribution in [2.75, 3.05) is 13.1 Å².